The molecule has 1 N–H and O–H groups in total. The fraction of sp³-hybridized carbons (Fsp3) is 0.882. The SMILES string of the molecule is CC(C)(C)C(=O)NC1CCN(CC(=O)N2CCCCC2)CC1. The predicted octanol–water partition coefficient (Wildman–Crippen LogP) is 1.63. The first-order valence-corrected chi connectivity index (χ1v) is 8.67. The molecule has 0 atom stereocenters. The van der Waals surface area contributed by atoms with Gasteiger partial charge in [0, 0.05) is 37.6 Å². The fourth-order valence-corrected chi connectivity index (χ4v) is 3.07. The number of nitrogens with zero attached hydrogens (tertiary/aromatic N) is 2. The van der Waals surface area contributed by atoms with E-state index >= 15 is 0 Å². The van der Waals surface area contributed by atoms with Crippen LogP contribution < -0.4 is 5.32 Å². The standard InChI is InChI=1S/C17H31N3O2/c1-17(2,3)16(22)18-14-7-11-19(12-8-14)13-15(21)20-9-5-4-6-10-20/h14H,4-13H2,1-3H3,(H,18,22). The van der Waals surface area contributed by atoms with Gasteiger partial charge in [0.15, 0.2) is 0 Å². The minimum Gasteiger partial charge on any atom is -0.353 e. The van der Waals surface area contributed by atoms with Gasteiger partial charge in [-0.2, -0.15) is 0 Å². The number of hydrogen-bond donors (Lipinski definition) is 1. The van der Waals surface area contributed by atoms with Gasteiger partial charge < -0.3 is 10.2 Å². The molecule has 0 saturated carbocycles. The molecule has 126 valence electrons. The van der Waals surface area contributed by atoms with Crippen LogP contribution in [0.15, 0.2) is 0 Å². The van der Waals surface area contributed by atoms with Crippen LogP contribution in [0.25, 0.3) is 0 Å². The maximum Gasteiger partial charge on any atom is 0.236 e. The minimum atomic E-state index is -0.332. The van der Waals surface area contributed by atoms with Crippen LogP contribution in [-0.4, -0.2) is 60.4 Å². The average Bonchev–Trinajstić information content (AvgIpc) is 2.49. The Morgan fingerprint density at radius 2 is 1.59 bits per heavy atom. The van der Waals surface area contributed by atoms with Gasteiger partial charge in [0.25, 0.3) is 0 Å². The van der Waals surface area contributed by atoms with E-state index in [4.69, 9.17) is 0 Å². The fourth-order valence-electron chi connectivity index (χ4n) is 3.07. The highest BCUT2D eigenvalue weighted by Crippen LogP contribution is 2.17. The molecule has 22 heavy (non-hydrogen) atoms. The lowest BCUT2D eigenvalue weighted by Gasteiger charge is -2.35. The Balaban J connectivity index is 1.70. The van der Waals surface area contributed by atoms with E-state index in [1.54, 1.807) is 0 Å². The lowest BCUT2D eigenvalue weighted by Crippen LogP contribution is -2.50. The number of carbonyl (C=O) groups is 2. The van der Waals surface area contributed by atoms with E-state index in [-0.39, 0.29) is 23.3 Å². The van der Waals surface area contributed by atoms with Crippen molar-refractivity contribution in [2.75, 3.05) is 32.7 Å². The van der Waals surface area contributed by atoms with E-state index in [9.17, 15) is 9.59 Å². The zero-order valence-corrected chi connectivity index (χ0v) is 14.4. The summed E-state index contributed by atoms with van der Waals surface area (Å²) in [7, 11) is 0. The van der Waals surface area contributed by atoms with Gasteiger partial charge in [-0.3, -0.25) is 14.5 Å². The van der Waals surface area contributed by atoms with Crippen molar-refractivity contribution < 1.29 is 9.59 Å². The number of likely N-dealkylation sites (tertiary alicyclic amines) is 2. The van der Waals surface area contributed by atoms with Crippen molar-refractivity contribution in [3.8, 4) is 0 Å². The number of carbonyl (C=O) groups excluding carboxylic acids is 2. The van der Waals surface area contributed by atoms with E-state index in [1.807, 2.05) is 25.7 Å². The molecule has 2 amide bonds. The molecule has 0 spiro atoms. The summed E-state index contributed by atoms with van der Waals surface area (Å²) in [5.74, 6) is 0.396. The molecule has 5 nitrogen and oxygen atoms in total. The van der Waals surface area contributed by atoms with Crippen molar-refractivity contribution in [1.29, 1.82) is 0 Å². The monoisotopic (exact) mass is 309 g/mol. The average molecular weight is 309 g/mol. The molecule has 2 saturated heterocycles. The molecule has 2 heterocycles. The van der Waals surface area contributed by atoms with Crippen molar-refractivity contribution in [3.05, 3.63) is 0 Å². The Labute approximate surface area is 134 Å². The highest BCUT2D eigenvalue weighted by molar-refractivity contribution is 5.81. The summed E-state index contributed by atoms with van der Waals surface area (Å²) in [5.41, 5.74) is -0.332. The largest absolute Gasteiger partial charge is 0.353 e. The second kappa shape index (κ2) is 7.44. The van der Waals surface area contributed by atoms with Crippen LogP contribution in [0.1, 0.15) is 52.9 Å². The maximum atomic E-state index is 12.3. The molecule has 0 radical (unpaired) electrons. The van der Waals surface area contributed by atoms with E-state index in [0.29, 0.717) is 6.54 Å². The second-order valence-corrected chi connectivity index (χ2v) is 7.72. The van der Waals surface area contributed by atoms with Gasteiger partial charge in [0.2, 0.25) is 11.8 Å². The predicted molar refractivity (Wildman–Crippen MR) is 87.5 cm³/mol. The Morgan fingerprint density at radius 1 is 1.00 bits per heavy atom. The third kappa shape index (κ3) is 4.97. The Morgan fingerprint density at radius 3 is 2.14 bits per heavy atom. The number of hydrogen-bond acceptors (Lipinski definition) is 3. The van der Waals surface area contributed by atoms with Crippen LogP contribution in [0.3, 0.4) is 0 Å². The topological polar surface area (TPSA) is 52.7 Å². The Kier molecular flexibility index (Phi) is 5.84. The zero-order chi connectivity index (χ0) is 16.2. The second-order valence-electron chi connectivity index (χ2n) is 7.72. The van der Waals surface area contributed by atoms with Crippen LogP contribution in [0.5, 0.6) is 0 Å². The molecule has 0 aromatic carbocycles. The van der Waals surface area contributed by atoms with Crippen LogP contribution in [0.4, 0.5) is 0 Å². The third-order valence-corrected chi connectivity index (χ3v) is 4.67. The summed E-state index contributed by atoms with van der Waals surface area (Å²) in [5, 5.41) is 3.14. The summed E-state index contributed by atoms with van der Waals surface area (Å²) < 4.78 is 0. The first-order valence-electron chi connectivity index (χ1n) is 8.67. The number of piperidine rings is 2. The van der Waals surface area contributed by atoms with Gasteiger partial charge in [0.1, 0.15) is 0 Å². The van der Waals surface area contributed by atoms with Gasteiger partial charge in [0.05, 0.1) is 6.54 Å². The van der Waals surface area contributed by atoms with Crippen molar-refractivity contribution in [3.63, 3.8) is 0 Å². The number of amides is 2. The highest BCUT2D eigenvalue weighted by atomic mass is 16.2. The first kappa shape index (κ1) is 17.3. The van der Waals surface area contributed by atoms with E-state index in [1.165, 1.54) is 6.42 Å². The molecule has 0 aromatic rings. The molecule has 2 fully saturated rings. The lowest BCUT2D eigenvalue weighted by molar-refractivity contribution is -0.134. The van der Waals surface area contributed by atoms with Gasteiger partial charge >= 0.3 is 0 Å². The van der Waals surface area contributed by atoms with E-state index in [2.05, 4.69) is 10.2 Å². The van der Waals surface area contributed by atoms with Crippen molar-refractivity contribution in [2.24, 2.45) is 5.41 Å². The summed E-state index contributed by atoms with van der Waals surface area (Å²) >= 11 is 0. The third-order valence-electron chi connectivity index (χ3n) is 4.67. The highest BCUT2D eigenvalue weighted by Gasteiger charge is 2.27. The molecule has 0 bridgehead atoms. The van der Waals surface area contributed by atoms with Gasteiger partial charge in [-0.05, 0) is 32.1 Å². The summed E-state index contributed by atoms with van der Waals surface area (Å²) in [4.78, 5) is 28.5. The van der Waals surface area contributed by atoms with Crippen LogP contribution in [0.2, 0.25) is 0 Å². The summed E-state index contributed by atoms with van der Waals surface area (Å²) in [6, 6.07) is 0.257. The first-order chi connectivity index (χ1) is 10.4. The summed E-state index contributed by atoms with van der Waals surface area (Å²) in [6.45, 7) is 10.0. The van der Waals surface area contributed by atoms with E-state index < -0.39 is 0 Å². The molecule has 2 aliphatic rings. The minimum absolute atomic E-state index is 0.121. The molecule has 2 aliphatic heterocycles. The van der Waals surface area contributed by atoms with Crippen LogP contribution >= 0.6 is 0 Å². The Bertz CT molecular complexity index is 389. The molecule has 0 aromatic heterocycles. The molecule has 0 unspecified atom stereocenters. The van der Waals surface area contributed by atoms with Crippen LogP contribution in [0, 0.1) is 5.41 Å². The molecular formula is C17H31N3O2. The van der Waals surface area contributed by atoms with Gasteiger partial charge in [-0.25, -0.2) is 0 Å². The van der Waals surface area contributed by atoms with Crippen molar-refractivity contribution in [1.82, 2.24) is 15.1 Å². The number of rotatable bonds is 3. The van der Waals surface area contributed by atoms with E-state index in [0.717, 1.165) is 51.9 Å². The van der Waals surface area contributed by atoms with Crippen molar-refractivity contribution in [2.45, 2.75) is 58.9 Å². The van der Waals surface area contributed by atoms with Gasteiger partial charge in [-0.1, -0.05) is 20.8 Å². The smallest absolute Gasteiger partial charge is 0.236 e. The molecule has 5 heteroatoms. The molecule has 2 rings (SSSR count). The lowest BCUT2D eigenvalue weighted by atomic mass is 9.94. The maximum absolute atomic E-state index is 12.3. The number of nitrogens with one attached hydrogen (secondary N) is 1. The quantitative estimate of drug-likeness (QED) is 0.862. The Hall–Kier alpha value is -1.10. The summed E-state index contributed by atoms with van der Waals surface area (Å²) in [6.07, 6.45) is 5.42. The van der Waals surface area contributed by atoms with Crippen LogP contribution in [-0.2, 0) is 9.59 Å². The zero-order valence-electron chi connectivity index (χ0n) is 14.4. The normalized spacial score (nSPS) is 21.7. The molecule has 0 aliphatic carbocycles. The van der Waals surface area contributed by atoms with Gasteiger partial charge in [-0.15, -0.1) is 0 Å². The molecular weight excluding hydrogens is 278 g/mol. The van der Waals surface area contributed by atoms with Crippen molar-refractivity contribution >= 4 is 11.8 Å².